The summed E-state index contributed by atoms with van der Waals surface area (Å²) in [7, 11) is 1.61. The smallest absolute Gasteiger partial charge is 0.299 e. The number of nitro groups is 1. The molecule has 0 radical (unpaired) electrons. The Morgan fingerprint density at radius 2 is 1.90 bits per heavy atom. The molecule has 4 rings (SSSR count). The largest absolute Gasteiger partial charge is 0.497 e. The summed E-state index contributed by atoms with van der Waals surface area (Å²) < 4.78 is 6.24. The number of aromatic nitrogens is 1. The third-order valence-electron chi connectivity index (χ3n) is 4.52. The van der Waals surface area contributed by atoms with Gasteiger partial charge in [-0.25, -0.2) is 4.98 Å². The van der Waals surface area contributed by atoms with Crippen LogP contribution in [-0.2, 0) is 0 Å². The van der Waals surface area contributed by atoms with E-state index in [9.17, 15) is 19.8 Å². The number of carbonyl (C=O) groups excluding carboxylic acids is 1. The molecule has 4 aromatic rings. The first-order chi connectivity index (χ1) is 15.0. The Morgan fingerprint density at radius 1 is 1.13 bits per heavy atom. The summed E-state index contributed by atoms with van der Waals surface area (Å²) >= 11 is 1.53. The van der Waals surface area contributed by atoms with Crippen LogP contribution in [0, 0.1) is 15.0 Å². The van der Waals surface area contributed by atoms with Crippen LogP contribution in [0.1, 0.15) is 10.4 Å². The molecule has 154 valence electrons. The zero-order valence-corrected chi connectivity index (χ0v) is 16.9. The van der Waals surface area contributed by atoms with Crippen molar-refractivity contribution in [2.24, 2.45) is 5.18 Å². The van der Waals surface area contributed by atoms with Crippen molar-refractivity contribution in [1.82, 2.24) is 4.98 Å². The minimum atomic E-state index is -0.754. The van der Waals surface area contributed by atoms with Crippen LogP contribution in [0.5, 0.6) is 5.75 Å². The molecule has 0 aliphatic heterocycles. The molecule has 3 aromatic carbocycles. The first kappa shape index (κ1) is 20.1. The molecule has 0 fully saturated rings. The van der Waals surface area contributed by atoms with Crippen molar-refractivity contribution in [2.75, 3.05) is 12.4 Å². The molecule has 0 unspecified atom stereocenters. The van der Waals surface area contributed by atoms with Crippen molar-refractivity contribution in [2.45, 2.75) is 0 Å². The second kappa shape index (κ2) is 8.28. The molecule has 31 heavy (non-hydrogen) atoms. The number of hydrogen-bond donors (Lipinski definition) is 1. The third-order valence-corrected chi connectivity index (χ3v) is 5.59. The third kappa shape index (κ3) is 4.09. The average molecular weight is 434 g/mol. The van der Waals surface area contributed by atoms with Gasteiger partial charge >= 0.3 is 0 Å². The number of carbonyl (C=O) groups is 1. The summed E-state index contributed by atoms with van der Waals surface area (Å²) in [5.74, 6) is 0.221. The summed E-state index contributed by atoms with van der Waals surface area (Å²) in [6, 6.07) is 16.2. The first-order valence-corrected chi connectivity index (χ1v) is 9.78. The molecule has 0 bridgehead atoms. The zero-order valence-electron chi connectivity index (χ0n) is 16.1. The Labute approximate surface area is 179 Å². The Bertz CT molecular complexity index is 1320. The van der Waals surface area contributed by atoms with E-state index in [1.807, 2.05) is 30.3 Å². The number of nitro benzene ring substituents is 1. The van der Waals surface area contributed by atoms with E-state index < -0.39 is 16.5 Å². The van der Waals surface area contributed by atoms with Crippen LogP contribution in [0.3, 0.4) is 0 Å². The van der Waals surface area contributed by atoms with E-state index >= 15 is 0 Å². The lowest BCUT2D eigenvalue weighted by Crippen LogP contribution is -2.12. The Balaban J connectivity index is 1.53. The first-order valence-electron chi connectivity index (χ1n) is 8.96. The van der Waals surface area contributed by atoms with Gasteiger partial charge < -0.3 is 10.1 Å². The molecule has 1 heterocycles. The van der Waals surface area contributed by atoms with Crippen LogP contribution in [0.25, 0.3) is 20.8 Å². The molecule has 0 aliphatic carbocycles. The number of thiazole rings is 1. The molecule has 9 nitrogen and oxygen atoms in total. The van der Waals surface area contributed by atoms with E-state index in [2.05, 4.69) is 15.5 Å². The molecule has 0 saturated carbocycles. The SMILES string of the molecule is COc1ccc2nc(-c3ccc(NC(=O)c4ccc(N=O)c([N+](=O)[O-])c4)cc3)sc2c1. The van der Waals surface area contributed by atoms with Crippen molar-refractivity contribution >= 4 is 44.5 Å². The van der Waals surface area contributed by atoms with Gasteiger partial charge in [0, 0.05) is 22.9 Å². The van der Waals surface area contributed by atoms with E-state index in [0.29, 0.717) is 5.69 Å². The van der Waals surface area contributed by atoms with Crippen molar-refractivity contribution < 1.29 is 14.5 Å². The van der Waals surface area contributed by atoms with Gasteiger partial charge in [-0.05, 0) is 59.8 Å². The summed E-state index contributed by atoms with van der Waals surface area (Å²) in [5, 5.41) is 17.2. The van der Waals surface area contributed by atoms with Gasteiger partial charge in [0.05, 0.1) is 22.2 Å². The van der Waals surface area contributed by atoms with Crippen molar-refractivity contribution in [1.29, 1.82) is 0 Å². The van der Waals surface area contributed by atoms with E-state index in [0.717, 1.165) is 38.7 Å². The standard InChI is InChI=1S/C21H14N4O5S/c1-30-15-7-9-17-19(11-15)31-21(23-17)12-2-5-14(6-3-12)22-20(26)13-4-8-16(24-27)18(10-13)25(28)29/h2-11H,1H3,(H,22,26). The van der Waals surface area contributed by atoms with Crippen molar-refractivity contribution in [3.05, 3.63) is 81.2 Å². The highest BCUT2D eigenvalue weighted by atomic mass is 32.1. The van der Waals surface area contributed by atoms with Gasteiger partial charge in [-0.3, -0.25) is 14.9 Å². The maximum atomic E-state index is 12.5. The highest BCUT2D eigenvalue weighted by Gasteiger charge is 2.18. The fourth-order valence-corrected chi connectivity index (χ4v) is 3.94. The van der Waals surface area contributed by atoms with E-state index in [-0.39, 0.29) is 11.3 Å². The van der Waals surface area contributed by atoms with Crippen LogP contribution in [0.4, 0.5) is 17.1 Å². The lowest BCUT2D eigenvalue weighted by Gasteiger charge is -2.06. The van der Waals surface area contributed by atoms with Crippen LogP contribution in [-0.4, -0.2) is 22.9 Å². The highest BCUT2D eigenvalue weighted by Crippen LogP contribution is 2.33. The number of benzene rings is 3. The number of nitroso groups, excluding NO2 is 1. The van der Waals surface area contributed by atoms with Crippen molar-refractivity contribution in [3.8, 4) is 16.3 Å². The lowest BCUT2D eigenvalue weighted by atomic mass is 10.1. The minimum absolute atomic E-state index is 0.0447. The van der Waals surface area contributed by atoms with Crippen LogP contribution < -0.4 is 10.1 Å². The van der Waals surface area contributed by atoms with Gasteiger partial charge in [-0.1, -0.05) is 0 Å². The zero-order chi connectivity index (χ0) is 22.0. The maximum Gasteiger partial charge on any atom is 0.299 e. The molecule has 0 saturated heterocycles. The summed E-state index contributed by atoms with van der Waals surface area (Å²) in [5.41, 5.74) is 1.45. The normalized spacial score (nSPS) is 10.6. The predicted molar refractivity (Wildman–Crippen MR) is 118 cm³/mol. The Kier molecular flexibility index (Phi) is 5.37. The number of nitrogens with one attached hydrogen (secondary N) is 1. The number of nitrogens with zero attached hydrogens (tertiary/aromatic N) is 3. The second-order valence-corrected chi connectivity index (χ2v) is 7.47. The number of anilines is 1. The summed E-state index contributed by atoms with van der Waals surface area (Å²) in [4.78, 5) is 38.0. The van der Waals surface area contributed by atoms with Gasteiger partial charge in [0.2, 0.25) is 0 Å². The topological polar surface area (TPSA) is 124 Å². The molecule has 0 aliphatic rings. The van der Waals surface area contributed by atoms with Crippen LogP contribution in [0.15, 0.2) is 65.8 Å². The molecule has 1 amide bonds. The Morgan fingerprint density at radius 3 is 2.58 bits per heavy atom. The van der Waals surface area contributed by atoms with Gasteiger partial charge in [0.1, 0.15) is 10.8 Å². The predicted octanol–water partition coefficient (Wildman–Crippen LogP) is 5.53. The highest BCUT2D eigenvalue weighted by molar-refractivity contribution is 7.21. The number of amides is 1. The van der Waals surface area contributed by atoms with Crippen LogP contribution >= 0.6 is 11.3 Å². The quantitative estimate of drug-likeness (QED) is 0.242. The van der Waals surface area contributed by atoms with Gasteiger partial charge in [-0.15, -0.1) is 16.2 Å². The number of ether oxygens (including phenoxy) is 1. The number of fused-ring (bicyclic) bond motifs is 1. The number of rotatable bonds is 6. The van der Waals surface area contributed by atoms with E-state index in [1.165, 1.54) is 17.4 Å². The number of hydrogen-bond acceptors (Lipinski definition) is 8. The minimum Gasteiger partial charge on any atom is -0.497 e. The molecule has 1 N–H and O–H groups in total. The van der Waals surface area contributed by atoms with Crippen molar-refractivity contribution in [3.63, 3.8) is 0 Å². The van der Waals surface area contributed by atoms with E-state index in [4.69, 9.17) is 4.74 Å². The van der Waals surface area contributed by atoms with Gasteiger partial charge in [-0.2, -0.15) is 0 Å². The summed E-state index contributed by atoms with van der Waals surface area (Å²) in [6.45, 7) is 0. The fraction of sp³-hybridized carbons (Fsp3) is 0.0476. The number of methoxy groups -OCH3 is 1. The average Bonchev–Trinajstić information content (AvgIpc) is 3.22. The second-order valence-electron chi connectivity index (χ2n) is 6.44. The fourth-order valence-electron chi connectivity index (χ4n) is 2.94. The molecule has 0 spiro atoms. The lowest BCUT2D eigenvalue weighted by molar-refractivity contribution is -0.384. The van der Waals surface area contributed by atoms with Gasteiger partial charge in [0.25, 0.3) is 11.6 Å². The Hall–Kier alpha value is -4.18. The van der Waals surface area contributed by atoms with E-state index in [1.54, 1.807) is 19.2 Å². The molecular weight excluding hydrogens is 420 g/mol. The molecule has 1 aromatic heterocycles. The van der Waals surface area contributed by atoms with Gasteiger partial charge in [0.15, 0.2) is 5.69 Å². The molecule has 0 atom stereocenters. The monoisotopic (exact) mass is 434 g/mol. The molecular formula is C21H14N4O5S. The van der Waals surface area contributed by atoms with Crippen LogP contribution in [0.2, 0.25) is 0 Å². The molecule has 10 heteroatoms. The maximum absolute atomic E-state index is 12.5. The summed E-state index contributed by atoms with van der Waals surface area (Å²) in [6.07, 6.45) is 0.